The second kappa shape index (κ2) is 8.89. The fourth-order valence-corrected chi connectivity index (χ4v) is 6.35. The van der Waals surface area contributed by atoms with Crippen molar-refractivity contribution >= 4 is 23.6 Å². The quantitative estimate of drug-likeness (QED) is 0.581. The van der Waals surface area contributed by atoms with Crippen LogP contribution < -0.4 is 16.0 Å². The molecule has 7 nitrogen and oxygen atoms in total. The van der Waals surface area contributed by atoms with E-state index in [0.717, 1.165) is 17.8 Å². The van der Waals surface area contributed by atoms with Crippen LogP contribution in [0.5, 0.6) is 0 Å². The summed E-state index contributed by atoms with van der Waals surface area (Å²) in [5.74, 6) is 1.53. The van der Waals surface area contributed by atoms with E-state index in [2.05, 4.69) is 22.9 Å². The number of anilines is 1. The SMILES string of the molecule is C[C@H](NC(=O)Nc1ccccc1)C(=O)OCC(=O)N[C@H](C)C12CC3CC(CC(C3)C1)C2. The van der Waals surface area contributed by atoms with Gasteiger partial charge >= 0.3 is 12.0 Å². The van der Waals surface area contributed by atoms with E-state index in [1.54, 1.807) is 24.3 Å². The zero-order chi connectivity index (χ0) is 22.0. The normalized spacial score (nSPS) is 30.2. The maximum absolute atomic E-state index is 12.4. The fourth-order valence-electron chi connectivity index (χ4n) is 6.35. The summed E-state index contributed by atoms with van der Waals surface area (Å²) in [6, 6.07) is 7.66. The molecule has 0 unspecified atom stereocenters. The number of hydrogen-bond acceptors (Lipinski definition) is 4. The Kier molecular flexibility index (Phi) is 6.21. The molecule has 1 aromatic rings. The first kappa shape index (κ1) is 21.7. The summed E-state index contributed by atoms with van der Waals surface area (Å²) in [5.41, 5.74) is 0.831. The van der Waals surface area contributed by atoms with Crippen molar-refractivity contribution in [1.82, 2.24) is 10.6 Å². The Morgan fingerprint density at radius 3 is 2.13 bits per heavy atom. The monoisotopic (exact) mass is 427 g/mol. The molecule has 0 aromatic heterocycles. The van der Waals surface area contributed by atoms with E-state index >= 15 is 0 Å². The Bertz CT molecular complexity index is 790. The lowest BCUT2D eigenvalue weighted by atomic mass is 9.48. The van der Waals surface area contributed by atoms with Gasteiger partial charge in [-0.2, -0.15) is 0 Å². The largest absolute Gasteiger partial charge is 0.454 e. The van der Waals surface area contributed by atoms with Gasteiger partial charge in [-0.25, -0.2) is 9.59 Å². The highest BCUT2D eigenvalue weighted by molar-refractivity contribution is 5.92. The highest BCUT2D eigenvalue weighted by Gasteiger charge is 2.53. The Balaban J connectivity index is 1.20. The first-order valence-corrected chi connectivity index (χ1v) is 11.4. The van der Waals surface area contributed by atoms with E-state index in [9.17, 15) is 14.4 Å². The number of ether oxygens (including phenoxy) is 1. The molecule has 3 amide bonds. The number of hydrogen-bond donors (Lipinski definition) is 3. The minimum Gasteiger partial charge on any atom is -0.454 e. The van der Waals surface area contributed by atoms with Gasteiger partial charge in [-0.15, -0.1) is 0 Å². The van der Waals surface area contributed by atoms with E-state index in [-0.39, 0.29) is 24.0 Å². The summed E-state index contributed by atoms with van der Waals surface area (Å²) in [6.45, 7) is 3.30. The van der Waals surface area contributed by atoms with E-state index < -0.39 is 18.0 Å². The van der Waals surface area contributed by atoms with E-state index in [0.29, 0.717) is 5.69 Å². The first-order chi connectivity index (χ1) is 14.8. The van der Waals surface area contributed by atoms with Gasteiger partial charge in [0.15, 0.2) is 6.61 Å². The molecular weight excluding hydrogens is 394 g/mol. The van der Waals surface area contributed by atoms with E-state index in [4.69, 9.17) is 4.74 Å². The summed E-state index contributed by atoms with van der Waals surface area (Å²) in [4.78, 5) is 36.7. The zero-order valence-electron chi connectivity index (χ0n) is 18.4. The van der Waals surface area contributed by atoms with Gasteiger partial charge in [-0.05, 0) is 87.7 Å². The number of benzene rings is 1. The van der Waals surface area contributed by atoms with Crippen LogP contribution in [0, 0.1) is 23.2 Å². The highest BCUT2D eigenvalue weighted by atomic mass is 16.5. The molecule has 2 atom stereocenters. The number of carbonyl (C=O) groups excluding carboxylic acids is 3. The van der Waals surface area contributed by atoms with Gasteiger partial charge in [0.25, 0.3) is 5.91 Å². The second-order valence-corrected chi connectivity index (χ2v) is 9.86. The third-order valence-corrected chi connectivity index (χ3v) is 7.46. The molecule has 0 heterocycles. The number of urea groups is 1. The van der Waals surface area contributed by atoms with Crippen LogP contribution in [-0.4, -0.2) is 36.6 Å². The van der Waals surface area contributed by atoms with Crippen molar-refractivity contribution in [2.24, 2.45) is 23.2 Å². The molecule has 4 saturated carbocycles. The predicted molar refractivity (Wildman–Crippen MR) is 117 cm³/mol. The minimum atomic E-state index is -0.864. The molecule has 0 radical (unpaired) electrons. The van der Waals surface area contributed by atoms with Crippen molar-refractivity contribution in [2.75, 3.05) is 11.9 Å². The minimum absolute atomic E-state index is 0.0827. The summed E-state index contributed by atoms with van der Waals surface area (Å²) in [7, 11) is 0. The predicted octanol–water partition coefficient (Wildman–Crippen LogP) is 3.46. The van der Waals surface area contributed by atoms with Crippen LogP contribution in [0.15, 0.2) is 30.3 Å². The third kappa shape index (κ3) is 5.02. The van der Waals surface area contributed by atoms with Crippen LogP contribution >= 0.6 is 0 Å². The standard InChI is InChI=1S/C24H33N3O4/c1-15(25-23(30)27-20-6-4-3-5-7-20)22(29)31-14-21(28)26-16(2)24-11-17-8-18(12-24)10-19(9-17)13-24/h3-7,15-19H,8-14H2,1-2H3,(H,26,28)(H2,25,27,30)/t15-,16+,17?,18?,19?,24?/m0/s1. The maximum atomic E-state index is 12.4. The second-order valence-electron chi connectivity index (χ2n) is 9.86. The number of nitrogens with one attached hydrogen (secondary N) is 3. The molecule has 3 N–H and O–H groups in total. The number of esters is 1. The number of rotatable bonds is 7. The zero-order valence-corrected chi connectivity index (χ0v) is 18.4. The lowest BCUT2D eigenvalue weighted by Gasteiger charge is -2.59. The Morgan fingerprint density at radius 2 is 1.55 bits per heavy atom. The van der Waals surface area contributed by atoms with Gasteiger partial charge in [0, 0.05) is 11.7 Å². The van der Waals surface area contributed by atoms with Gasteiger partial charge < -0.3 is 20.7 Å². The molecule has 0 aliphatic heterocycles. The van der Waals surface area contributed by atoms with Crippen LogP contribution in [0.1, 0.15) is 52.4 Å². The van der Waals surface area contributed by atoms with Gasteiger partial charge in [0.2, 0.25) is 0 Å². The fraction of sp³-hybridized carbons (Fsp3) is 0.625. The van der Waals surface area contributed by atoms with Crippen LogP contribution in [-0.2, 0) is 14.3 Å². The topological polar surface area (TPSA) is 96.5 Å². The van der Waals surface area contributed by atoms with Gasteiger partial charge in [0.05, 0.1) is 0 Å². The molecule has 0 saturated heterocycles. The van der Waals surface area contributed by atoms with Crippen molar-refractivity contribution in [2.45, 2.75) is 64.5 Å². The number of carbonyl (C=O) groups is 3. The third-order valence-electron chi connectivity index (χ3n) is 7.46. The Labute approximate surface area is 183 Å². The van der Waals surface area contributed by atoms with Gasteiger partial charge in [-0.1, -0.05) is 18.2 Å². The molecule has 4 bridgehead atoms. The molecule has 31 heavy (non-hydrogen) atoms. The van der Waals surface area contributed by atoms with Crippen molar-refractivity contribution in [3.63, 3.8) is 0 Å². The van der Waals surface area contributed by atoms with E-state index in [1.165, 1.54) is 45.4 Å². The molecule has 1 aromatic carbocycles. The van der Waals surface area contributed by atoms with Crippen molar-refractivity contribution in [3.05, 3.63) is 30.3 Å². The lowest BCUT2D eigenvalue weighted by molar-refractivity contribution is -0.150. The van der Waals surface area contributed by atoms with Crippen molar-refractivity contribution < 1.29 is 19.1 Å². The summed E-state index contributed by atoms with van der Waals surface area (Å²) in [6.07, 6.45) is 7.70. The molecule has 4 aliphatic carbocycles. The average Bonchev–Trinajstić information content (AvgIpc) is 2.71. The van der Waals surface area contributed by atoms with Gasteiger partial charge in [-0.3, -0.25) is 4.79 Å². The molecule has 5 rings (SSSR count). The summed E-state index contributed by atoms with van der Waals surface area (Å²) >= 11 is 0. The smallest absolute Gasteiger partial charge is 0.328 e. The first-order valence-electron chi connectivity index (χ1n) is 11.4. The van der Waals surface area contributed by atoms with Crippen molar-refractivity contribution in [3.8, 4) is 0 Å². The summed E-state index contributed by atoms with van der Waals surface area (Å²) < 4.78 is 5.14. The lowest BCUT2D eigenvalue weighted by Crippen LogP contribution is -2.56. The summed E-state index contributed by atoms with van der Waals surface area (Å²) in [5, 5.41) is 8.26. The van der Waals surface area contributed by atoms with E-state index in [1.807, 2.05) is 6.07 Å². The van der Waals surface area contributed by atoms with Crippen LogP contribution in [0.2, 0.25) is 0 Å². The highest BCUT2D eigenvalue weighted by Crippen LogP contribution is 2.61. The molecule has 0 spiro atoms. The molecule has 168 valence electrons. The Hall–Kier alpha value is -2.57. The number of para-hydroxylation sites is 1. The number of amides is 3. The molecule has 4 aliphatic rings. The van der Waals surface area contributed by atoms with Crippen LogP contribution in [0.25, 0.3) is 0 Å². The average molecular weight is 428 g/mol. The Morgan fingerprint density at radius 1 is 0.968 bits per heavy atom. The van der Waals surface area contributed by atoms with Crippen LogP contribution in [0.4, 0.5) is 10.5 Å². The van der Waals surface area contributed by atoms with Gasteiger partial charge in [0.1, 0.15) is 6.04 Å². The molecule has 7 heteroatoms. The van der Waals surface area contributed by atoms with Crippen LogP contribution in [0.3, 0.4) is 0 Å². The van der Waals surface area contributed by atoms with Crippen molar-refractivity contribution in [1.29, 1.82) is 0 Å². The molecule has 4 fully saturated rings. The maximum Gasteiger partial charge on any atom is 0.328 e. The molecular formula is C24H33N3O4.